The molecule has 5 amide bonds. The number of nitrogens with two attached hydrogens (primary N) is 1. The molecule has 41 heavy (non-hydrogen) atoms. The second-order valence-corrected chi connectivity index (χ2v) is 11.9. The summed E-state index contributed by atoms with van der Waals surface area (Å²) in [4.78, 5) is 69.5. The molecule has 6 N–H and O–H groups in total. The lowest BCUT2D eigenvalue weighted by Gasteiger charge is -2.31. The number of fused-ring (bicyclic) bond motifs is 1. The van der Waals surface area contributed by atoms with Crippen LogP contribution in [0, 0.1) is 11.8 Å². The molecule has 0 bridgehead atoms. The van der Waals surface area contributed by atoms with E-state index in [0.29, 0.717) is 38.8 Å². The topological polar surface area (TPSA) is 163 Å². The first-order valence-corrected chi connectivity index (χ1v) is 14.8. The monoisotopic (exact) mass is 570 g/mol. The first kappa shape index (κ1) is 32.0. The lowest BCUT2D eigenvalue weighted by molar-refractivity contribution is -0.142. The first-order valence-electron chi connectivity index (χ1n) is 14.8. The van der Waals surface area contributed by atoms with Gasteiger partial charge in [-0.05, 0) is 56.0 Å². The molecule has 11 heteroatoms. The highest BCUT2D eigenvalue weighted by atomic mass is 16.2. The number of benzene rings is 1. The molecular weight excluding hydrogens is 524 g/mol. The van der Waals surface area contributed by atoms with Gasteiger partial charge < -0.3 is 31.9 Å². The number of carbonyl (C=O) groups excluding carboxylic acids is 5. The van der Waals surface area contributed by atoms with Crippen molar-refractivity contribution < 1.29 is 24.0 Å². The number of hydrogen-bond donors (Lipinski definition) is 5. The van der Waals surface area contributed by atoms with E-state index in [-0.39, 0.29) is 30.6 Å². The van der Waals surface area contributed by atoms with Crippen LogP contribution < -0.4 is 27.0 Å². The Morgan fingerprint density at radius 1 is 0.829 bits per heavy atom. The molecule has 2 fully saturated rings. The quantitative estimate of drug-likeness (QED) is 0.308. The predicted octanol–water partition coefficient (Wildman–Crippen LogP) is 0.614. The molecule has 2 aliphatic heterocycles. The Morgan fingerprint density at radius 2 is 1.46 bits per heavy atom. The Bertz CT molecular complexity index is 1080. The molecular formula is C30H46N6O5. The van der Waals surface area contributed by atoms with E-state index in [0.717, 1.165) is 5.56 Å². The summed E-state index contributed by atoms with van der Waals surface area (Å²) >= 11 is 0. The van der Waals surface area contributed by atoms with Gasteiger partial charge in [0.05, 0.1) is 0 Å². The molecule has 3 rings (SSSR count). The number of rotatable bonds is 8. The fourth-order valence-electron chi connectivity index (χ4n) is 5.44. The molecule has 0 aliphatic carbocycles. The van der Waals surface area contributed by atoms with Gasteiger partial charge in [-0.2, -0.15) is 0 Å². The van der Waals surface area contributed by atoms with Gasteiger partial charge in [0.2, 0.25) is 29.5 Å². The van der Waals surface area contributed by atoms with Crippen molar-refractivity contribution in [1.29, 1.82) is 0 Å². The van der Waals surface area contributed by atoms with Gasteiger partial charge >= 0.3 is 0 Å². The SMILES string of the molecule is CC(C)C[C@@H]1NC(=O)[C@H](CCCN)NC(=O)[C@@H](C(C)C)NC(=O)[C@@H]2CCCN2C(=O)[C@@H](Cc2ccccc2)NC1=O. The Kier molecular flexibility index (Phi) is 11.7. The van der Waals surface area contributed by atoms with Gasteiger partial charge in [-0.1, -0.05) is 58.0 Å². The van der Waals surface area contributed by atoms with E-state index in [1.54, 1.807) is 0 Å². The van der Waals surface area contributed by atoms with Crippen LogP contribution in [0.5, 0.6) is 0 Å². The summed E-state index contributed by atoms with van der Waals surface area (Å²) in [5, 5.41) is 11.4. The Labute approximate surface area is 242 Å². The van der Waals surface area contributed by atoms with Crippen LogP contribution in [-0.4, -0.2) is 77.7 Å². The summed E-state index contributed by atoms with van der Waals surface area (Å²) < 4.78 is 0. The molecule has 1 aromatic rings. The van der Waals surface area contributed by atoms with E-state index < -0.39 is 53.8 Å². The van der Waals surface area contributed by atoms with Crippen LogP contribution >= 0.6 is 0 Å². The molecule has 2 saturated heterocycles. The minimum absolute atomic E-state index is 0.0589. The minimum Gasteiger partial charge on any atom is -0.343 e. The Morgan fingerprint density at radius 3 is 2.10 bits per heavy atom. The molecule has 0 spiro atoms. The van der Waals surface area contributed by atoms with Gasteiger partial charge in [-0.3, -0.25) is 24.0 Å². The summed E-state index contributed by atoms with van der Waals surface area (Å²) in [7, 11) is 0. The highest BCUT2D eigenvalue weighted by Gasteiger charge is 2.41. The van der Waals surface area contributed by atoms with Crippen LogP contribution in [0.1, 0.15) is 65.4 Å². The van der Waals surface area contributed by atoms with Crippen LogP contribution in [-0.2, 0) is 30.4 Å². The van der Waals surface area contributed by atoms with Crippen molar-refractivity contribution in [3.05, 3.63) is 35.9 Å². The standard InChI is InChI=1S/C30H46N6O5/c1-18(2)16-22-27(38)34-23(17-20-10-6-5-7-11-20)30(41)36-15-9-13-24(36)28(39)35-25(19(3)4)29(40)32-21(12-8-14-31)26(37)33-22/h5-7,10-11,18-19,21-25H,8-9,12-17,31H2,1-4H3,(H,32,40)(H,33,37)(H,34,38)(H,35,39)/t21-,22-,23+,24-,25+/m0/s1. The van der Waals surface area contributed by atoms with Gasteiger partial charge in [0, 0.05) is 13.0 Å². The first-order chi connectivity index (χ1) is 19.5. The van der Waals surface area contributed by atoms with Crippen molar-refractivity contribution in [1.82, 2.24) is 26.2 Å². The average Bonchev–Trinajstić information content (AvgIpc) is 3.42. The molecule has 2 heterocycles. The molecule has 5 atom stereocenters. The van der Waals surface area contributed by atoms with E-state index in [9.17, 15) is 24.0 Å². The second-order valence-electron chi connectivity index (χ2n) is 11.9. The second kappa shape index (κ2) is 15.0. The highest BCUT2D eigenvalue weighted by Crippen LogP contribution is 2.21. The summed E-state index contributed by atoms with van der Waals surface area (Å²) in [6.07, 6.45) is 2.39. The number of nitrogens with one attached hydrogen (secondary N) is 4. The maximum atomic E-state index is 14.0. The summed E-state index contributed by atoms with van der Waals surface area (Å²) in [5.74, 6) is -2.50. The van der Waals surface area contributed by atoms with E-state index in [4.69, 9.17) is 5.73 Å². The maximum absolute atomic E-state index is 14.0. The normalized spacial score (nSPS) is 26.6. The number of nitrogens with zero attached hydrogens (tertiary/aromatic N) is 1. The van der Waals surface area contributed by atoms with E-state index in [2.05, 4.69) is 21.3 Å². The smallest absolute Gasteiger partial charge is 0.246 e. The molecule has 2 aliphatic rings. The zero-order valence-electron chi connectivity index (χ0n) is 24.7. The fourth-order valence-corrected chi connectivity index (χ4v) is 5.44. The summed E-state index contributed by atoms with van der Waals surface area (Å²) in [6, 6.07) is 4.86. The van der Waals surface area contributed by atoms with Crippen molar-refractivity contribution in [2.75, 3.05) is 13.1 Å². The van der Waals surface area contributed by atoms with Gasteiger partial charge in [0.1, 0.15) is 30.2 Å². The van der Waals surface area contributed by atoms with E-state index in [1.807, 2.05) is 58.0 Å². The summed E-state index contributed by atoms with van der Waals surface area (Å²) in [6.45, 7) is 8.18. The van der Waals surface area contributed by atoms with Crippen LogP contribution in [0.25, 0.3) is 0 Å². The molecule has 1 aromatic carbocycles. The molecule has 0 aromatic heterocycles. The number of hydrogen-bond acceptors (Lipinski definition) is 6. The van der Waals surface area contributed by atoms with E-state index >= 15 is 0 Å². The highest BCUT2D eigenvalue weighted by molar-refractivity contribution is 5.98. The molecule has 0 saturated carbocycles. The molecule has 0 unspecified atom stereocenters. The van der Waals surface area contributed by atoms with Gasteiger partial charge in [-0.15, -0.1) is 0 Å². The third-order valence-corrected chi connectivity index (χ3v) is 7.65. The van der Waals surface area contributed by atoms with Gasteiger partial charge in [0.15, 0.2) is 0 Å². The predicted molar refractivity (Wildman–Crippen MR) is 155 cm³/mol. The van der Waals surface area contributed by atoms with Gasteiger partial charge in [0.25, 0.3) is 0 Å². The third kappa shape index (κ3) is 8.76. The molecule has 0 radical (unpaired) electrons. The van der Waals surface area contributed by atoms with Crippen molar-refractivity contribution >= 4 is 29.5 Å². The third-order valence-electron chi connectivity index (χ3n) is 7.65. The van der Waals surface area contributed by atoms with Crippen molar-refractivity contribution in [3.8, 4) is 0 Å². The van der Waals surface area contributed by atoms with E-state index in [1.165, 1.54) is 4.90 Å². The van der Waals surface area contributed by atoms with Crippen LogP contribution in [0.15, 0.2) is 30.3 Å². The van der Waals surface area contributed by atoms with Crippen LogP contribution in [0.3, 0.4) is 0 Å². The van der Waals surface area contributed by atoms with Gasteiger partial charge in [-0.25, -0.2) is 0 Å². The minimum atomic E-state index is -0.943. The fraction of sp³-hybridized carbons (Fsp3) is 0.633. The lowest BCUT2D eigenvalue weighted by Crippen LogP contribution is -2.58. The molecule has 11 nitrogen and oxygen atoms in total. The lowest BCUT2D eigenvalue weighted by atomic mass is 9.99. The zero-order chi connectivity index (χ0) is 30.1. The molecule has 226 valence electrons. The van der Waals surface area contributed by atoms with Crippen molar-refractivity contribution in [3.63, 3.8) is 0 Å². The average molecular weight is 571 g/mol. The van der Waals surface area contributed by atoms with Crippen molar-refractivity contribution in [2.45, 2.75) is 96.4 Å². The largest absolute Gasteiger partial charge is 0.343 e. The maximum Gasteiger partial charge on any atom is 0.246 e. The zero-order valence-corrected chi connectivity index (χ0v) is 24.7. The Balaban J connectivity index is 2.04. The van der Waals surface area contributed by atoms with Crippen LogP contribution in [0.2, 0.25) is 0 Å². The van der Waals surface area contributed by atoms with Crippen LogP contribution in [0.4, 0.5) is 0 Å². The Hall–Kier alpha value is -3.47. The summed E-state index contributed by atoms with van der Waals surface area (Å²) in [5.41, 5.74) is 6.55. The van der Waals surface area contributed by atoms with Crippen molar-refractivity contribution in [2.24, 2.45) is 17.6 Å². The number of carbonyl (C=O) groups is 5. The number of amides is 5.